The van der Waals surface area contributed by atoms with Crippen LogP contribution >= 0.6 is 0 Å². The summed E-state index contributed by atoms with van der Waals surface area (Å²) < 4.78 is 0. The Labute approximate surface area is 251 Å². The number of benzene rings is 4. The van der Waals surface area contributed by atoms with Crippen LogP contribution in [0.1, 0.15) is 0 Å². The molecular formula is C32H18HfN8+4. The number of nitrogens with zero attached hydrogens (tertiary/aromatic N) is 6. The Hall–Kier alpha value is -4.89. The number of aromatic nitrogens is 8. The molecule has 0 amide bonds. The Balaban J connectivity index is 0.00000256. The molecule has 0 unspecified atom stereocenters. The van der Waals surface area contributed by atoms with Gasteiger partial charge in [-0.3, -0.25) is 0 Å². The summed E-state index contributed by atoms with van der Waals surface area (Å²) in [5.41, 5.74) is 6.45. The number of hydrogen-bond donors (Lipinski definition) is 2. The molecule has 0 aliphatic carbocycles. The zero-order valence-electron chi connectivity index (χ0n) is 21.4. The summed E-state index contributed by atoms with van der Waals surface area (Å²) in [6, 6.07) is 32.2. The number of nitrogens with one attached hydrogen (secondary N) is 2. The first-order valence-corrected chi connectivity index (χ1v) is 13.0. The van der Waals surface area contributed by atoms with Gasteiger partial charge in [-0.2, -0.15) is 0 Å². The van der Waals surface area contributed by atoms with Gasteiger partial charge >= 0.3 is 25.8 Å². The number of hydrogen-bond acceptors (Lipinski definition) is 6. The molecule has 9 heteroatoms. The van der Waals surface area contributed by atoms with Crippen LogP contribution in [0.3, 0.4) is 0 Å². The Kier molecular flexibility index (Phi) is 5.30. The largest absolute Gasteiger partial charge is 4.00 e. The SMILES string of the molecule is [Hf+4].c1ccc2c(c1)-c1nc-2nc2[nH]c(nc3nc(nc4[nH]c(n1)c1ccccc41)-c1ccccc1-3)c1ccccc21. The average molecular weight is 693 g/mol. The van der Waals surface area contributed by atoms with Crippen molar-refractivity contribution in [1.29, 1.82) is 0 Å². The summed E-state index contributed by atoms with van der Waals surface area (Å²) in [5.74, 6) is 2.39. The Morgan fingerprint density at radius 1 is 0.317 bits per heavy atom. The molecule has 186 valence electrons. The number of rotatable bonds is 0. The molecule has 2 aliphatic heterocycles. The average Bonchev–Trinajstić information content (AvgIpc) is 3.73. The maximum absolute atomic E-state index is 5.02. The second-order valence-corrected chi connectivity index (χ2v) is 9.79. The zero-order chi connectivity index (χ0) is 26.2. The minimum atomic E-state index is 0. The van der Waals surface area contributed by atoms with E-state index >= 15 is 0 Å². The molecule has 7 aromatic rings. The van der Waals surface area contributed by atoms with Gasteiger partial charge in [-0.1, -0.05) is 97.1 Å². The van der Waals surface area contributed by atoms with Crippen molar-refractivity contribution >= 4 is 44.1 Å². The maximum Gasteiger partial charge on any atom is 4.00 e. The van der Waals surface area contributed by atoms with E-state index in [1.165, 1.54) is 0 Å². The third kappa shape index (κ3) is 3.62. The van der Waals surface area contributed by atoms with Gasteiger partial charge in [0.1, 0.15) is 22.6 Å². The predicted molar refractivity (Wildman–Crippen MR) is 156 cm³/mol. The Morgan fingerprint density at radius 2 is 0.561 bits per heavy atom. The van der Waals surface area contributed by atoms with Gasteiger partial charge in [-0.05, 0) is 0 Å². The van der Waals surface area contributed by atoms with Crippen molar-refractivity contribution in [2.45, 2.75) is 0 Å². The van der Waals surface area contributed by atoms with Crippen molar-refractivity contribution in [3.8, 4) is 45.6 Å². The maximum atomic E-state index is 5.02. The molecule has 9 rings (SSSR count). The van der Waals surface area contributed by atoms with Gasteiger partial charge in [0.15, 0.2) is 23.3 Å². The van der Waals surface area contributed by atoms with E-state index in [0.717, 1.165) is 43.8 Å². The normalized spacial score (nSPS) is 11.7. The monoisotopic (exact) mass is 694 g/mol. The minimum Gasteiger partial charge on any atom is -0.324 e. The summed E-state index contributed by atoms with van der Waals surface area (Å²) >= 11 is 0. The molecule has 4 aromatic carbocycles. The Morgan fingerprint density at radius 3 is 0.829 bits per heavy atom. The van der Waals surface area contributed by atoms with E-state index in [9.17, 15) is 0 Å². The summed E-state index contributed by atoms with van der Waals surface area (Å²) in [4.78, 5) is 36.8. The van der Waals surface area contributed by atoms with Gasteiger partial charge in [0.05, 0.1) is 0 Å². The van der Waals surface area contributed by atoms with Crippen molar-refractivity contribution in [2.75, 3.05) is 0 Å². The molecule has 0 saturated carbocycles. The van der Waals surface area contributed by atoms with Crippen molar-refractivity contribution in [2.24, 2.45) is 0 Å². The fourth-order valence-electron chi connectivity index (χ4n) is 5.59. The Bertz CT molecular complexity index is 2030. The van der Waals surface area contributed by atoms with Crippen molar-refractivity contribution in [1.82, 2.24) is 39.9 Å². The van der Waals surface area contributed by atoms with Gasteiger partial charge < -0.3 is 9.97 Å². The second kappa shape index (κ2) is 9.07. The van der Waals surface area contributed by atoms with E-state index < -0.39 is 0 Å². The predicted octanol–water partition coefficient (Wildman–Crippen LogP) is 6.87. The number of fused-ring (bicyclic) bond motifs is 20. The fraction of sp³-hybridized carbons (Fsp3) is 0. The fourth-order valence-corrected chi connectivity index (χ4v) is 5.59. The van der Waals surface area contributed by atoms with Crippen molar-refractivity contribution in [3.63, 3.8) is 0 Å². The molecule has 8 nitrogen and oxygen atoms in total. The van der Waals surface area contributed by atoms with Crippen LogP contribution in [0.4, 0.5) is 0 Å². The topological polar surface area (TPSA) is 109 Å². The molecule has 0 spiro atoms. The third-order valence-electron chi connectivity index (χ3n) is 7.46. The summed E-state index contributed by atoms with van der Waals surface area (Å²) in [5, 5.41) is 3.82. The van der Waals surface area contributed by atoms with E-state index in [1.807, 2.05) is 97.1 Å². The van der Waals surface area contributed by atoms with Crippen LogP contribution < -0.4 is 0 Å². The van der Waals surface area contributed by atoms with E-state index in [2.05, 4.69) is 9.97 Å². The molecule has 3 aromatic heterocycles. The van der Waals surface area contributed by atoms with Gasteiger partial charge in [-0.15, -0.1) is 0 Å². The van der Waals surface area contributed by atoms with Crippen molar-refractivity contribution in [3.05, 3.63) is 97.1 Å². The van der Waals surface area contributed by atoms with Gasteiger partial charge in [0.2, 0.25) is 0 Å². The molecule has 5 heterocycles. The molecule has 0 saturated heterocycles. The molecule has 0 fully saturated rings. The molecule has 2 N–H and O–H groups in total. The standard InChI is InChI=1S/C32H18N8.Hf/c1-2-10-18-17(9-1)25-33-26(18)38-28-21-13-5-6-14-22(21)30(35-28)40-32-24-16-8-7-15-23(24)31(36-32)39-29-20-12-4-3-11-19(20)27(34-29)37-25;/h1-16H,(H2,33,34,35,36,37,38,39,40);/q;+4. The summed E-state index contributed by atoms with van der Waals surface area (Å²) in [6.07, 6.45) is 0. The van der Waals surface area contributed by atoms with Crippen LogP contribution in [0.15, 0.2) is 97.1 Å². The molecule has 0 radical (unpaired) electrons. The molecule has 0 atom stereocenters. The first-order valence-electron chi connectivity index (χ1n) is 13.0. The van der Waals surface area contributed by atoms with Gasteiger partial charge in [-0.25, -0.2) is 29.9 Å². The van der Waals surface area contributed by atoms with Crippen LogP contribution in [0.25, 0.3) is 89.7 Å². The van der Waals surface area contributed by atoms with Gasteiger partial charge in [0, 0.05) is 43.8 Å². The molecule has 8 bridgehead atoms. The van der Waals surface area contributed by atoms with E-state index in [0.29, 0.717) is 45.9 Å². The second-order valence-electron chi connectivity index (χ2n) is 9.79. The van der Waals surface area contributed by atoms with Crippen LogP contribution in [0.5, 0.6) is 0 Å². The smallest absolute Gasteiger partial charge is 0.324 e. The van der Waals surface area contributed by atoms with Crippen LogP contribution in [0.2, 0.25) is 0 Å². The molecule has 41 heavy (non-hydrogen) atoms. The van der Waals surface area contributed by atoms with E-state index in [1.54, 1.807) is 0 Å². The quantitative estimate of drug-likeness (QED) is 0.168. The minimum absolute atomic E-state index is 0. The first-order chi connectivity index (χ1) is 19.8. The number of aromatic amines is 2. The molecule has 2 aliphatic rings. The van der Waals surface area contributed by atoms with Crippen LogP contribution in [0, 0.1) is 0 Å². The first kappa shape index (κ1) is 24.0. The van der Waals surface area contributed by atoms with Crippen LogP contribution in [-0.4, -0.2) is 39.9 Å². The van der Waals surface area contributed by atoms with Gasteiger partial charge in [0.25, 0.3) is 0 Å². The third-order valence-corrected chi connectivity index (χ3v) is 7.46. The number of H-pyrrole nitrogens is 2. The summed E-state index contributed by atoms with van der Waals surface area (Å²) in [7, 11) is 0. The van der Waals surface area contributed by atoms with E-state index in [4.69, 9.17) is 29.9 Å². The van der Waals surface area contributed by atoms with Crippen LogP contribution in [-0.2, 0) is 25.8 Å². The molecular weight excluding hydrogens is 675 g/mol. The summed E-state index contributed by atoms with van der Waals surface area (Å²) in [6.45, 7) is 0. The van der Waals surface area contributed by atoms with E-state index in [-0.39, 0.29) is 25.8 Å². The van der Waals surface area contributed by atoms with Crippen molar-refractivity contribution < 1.29 is 25.8 Å². The zero-order valence-corrected chi connectivity index (χ0v) is 25.0.